The molecule has 1 atom stereocenters. The Kier molecular flexibility index (Phi) is 7.12. The first-order chi connectivity index (χ1) is 15.6. The van der Waals surface area contributed by atoms with Crippen molar-refractivity contribution in [3.63, 3.8) is 0 Å². The number of benzene rings is 2. The number of methoxy groups -OCH3 is 1. The Balaban J connectivity index is 1.71. The minimum atomic E-state index is -0.892. The number of hydrogen-bond acceptors (Lipinski definition) is 4. The lowest BCUT2D eigenvalue weighted by Gasteiger charge is -2.34. The number of aromatic carboxylic acids is 1. The highest BCUT2D eigenvalue weighted by Gasteiger charge is 2.24. The van der Waals surface area contributed by atoms with Gasteiger partial charge in [-0.1, -0.05) is 25.0 Å². The van der Waals surface area contributed by atoms with Crippen LogP contribution in [0, 0.1) is 6.92 Å². The summed E-state index contributed by atoms with van der Waals surface area (Å²) in [7, 11) is 1.74. The fourth-order valence-corrected chi connectivity index (χ4v) is 4.79. The Hall–Kier alpha value is -2.83. The molecule has 3 aromatic rings. The van der Waals surface area contributed by atoms with Crippen LogP contribution in [0.4, 0.5) is 0 Å². The average molecular weight is 436 g/mol. The van der Waals surface area contributed by atoms with Crippen LogP contribution in [0.2, 0.25) is 0 Å². The van der Waals surface area contributed by atoms with Crippen molar-refractivity contribution in [2.45, 2.75) is 45.2 Å². The Morgan fingerprint density at radius 2 is 1.94 bits per heavy atom. The third kappa shape index (κ3) is 4.81. The quantitative estimate of drug-likeness (QED) is 0.532. The van der Waals surface area contributed by atoms with Crippen molar-refractivity contribution in [1.29, 1.82) is 0 Å². The number of nitrogens with one attached hydrogen (secondary N) is 2. The molecular weight excluding hydrogens is 402 g/mol. The highest BCUT2D eigenvalue weighted by atomic mass is 16.5. The van der Waals surface area contributed by atoms with E-state index in [-0.39, 0.29) is 6.04 Å². The number of aryl methyl sites for hydroxylation is 1. The van der Waals surface area contributed by atoms with Crippen molar-refractivity contribution in [2.75, 3.05) is 26.7 Å². The Bertz CT molecular complexity index is 1060. The molecule has 2 aromatic carbocycles. The second kappa shape index (κ2) is 10.2. The Labute approximate surface area is 189 Å². The predicted octanol–water partition coefficient (Wildman–Crippen LogP) is 4.89. The third-order valence-corrected chi connectivity index (χ3v) is 6.56. The molecule has 0 aliphatic carbocycles. The molecule has 0 radical (unpaired) electrons. The number of rotatable bonds is 5. The van der Waals surface area contributed by atoms with Crippen LogP contribution in [-0.2, 0) is 6.54 Å². The van der Waals surface area contributed by atoms with E-state index in [1.54, 1.807) is 19.2 Å². The number of carboxylic acids is 1. The summed E-state index contributed by atoms with van der Waals surface area (Å²) in [4.78, 5) is 17.2. The molecule has 3 N–H and O–H groups in total. The number of hydrogen-bond donors (Lipinski definition) is 3. The van der Waals surface area contributed by atoms with Crippen molar-refractivity contribution < 1.29 is 14.6 Å². The van der Waals surface area contributed by atoms with Crippen molar-refractivity contribution in [3.05, 3.63) is 64.8 Å². The number of aromatic amines is 1. The fourth-order valence-electron chi connectivity index (χ4n) is 4.79. The largest absolute Gasteiger partial charge is 0.496 e. The molecule has 0 amide bonds. The second-order valence-electron chi connectivity index (χ2n) is 8.67. The first-order valence-electron chi connectivity index (χ1n) is 11.5. The van der Waals surface area contributed by atoms with Crippen LogP contribution >= 0.6 is 0 Å². The zero-order chi connectivity index (χ0) is 22.5. The minimum Gasteiger partial charge on any atom is -0.496 e. The van der Waals surface area contributed by atoms with Gasteiger partial charge in [0.2, 0.25) is 0 Å². The molecule has 0 saturated carbocycles. The molecule has 1 aliphatic rings. The lowest BCUT2D eigenvalue weighted by Crippen LogP contribution is -2.37. The van der Waals surface area contributed by atoms with E-state index in [1.165, 1.54) is 35.8 Å². The van der Waals surface area contributed by atoms with Gasteiger partial charge in [0.15, 0.2) is 0 Å². The van der Waals surface area contributed by atoms with Gasteiger partial charge in [0.05, 0.1) is 12.7 Å². The van der Waals surface area contributed by atoms with Gasteiger partial charge in [-0.2, -0.15) is 0 Å². The predicted molar refractivity (Wildman–Crippen MR) is 127 cm³/mol. The highest BCUT2D eigenvalue weighted by molar-refractivity contribution is 5.88. The van der Waals surface area contributed by atoms with Crippen LogP contribution in [0.15, 0.2) is 42.6 Å². The van der Waals surface area contributed by atoms with E-state index >= 15 is 0 Å². The number of carboxylic acid groups (broad SMARTS) is 1. The molecule has 1 aromatic heterocycles. The maximum absolute atomic E-state index is 11.3. The van der Waals surface area contributed by atoms with Gasteiger partial charge in [-0.25, -0.2) is 4.79 Å². The van der Waals surface area contributed by atoms with Gasteiger partial charge in [0.25, 0.3) is 0 Å². The summed E-state index contributed by atoms with van der Waals surface area (Å²) in [5, 5.41) is 14.1. The van der Waals surface area contributed by atoms with Gasteiger partial charge in [0.1, 0.15) is 5.75 Å². The zero-order valence-electron chi connectivity index (χ0n) is 19.0. The monoisotopic (exact) mass is 435 g/mol. The van der Waals surface area contributed by atoms with Gasteiger partial charge in [-0.15, -0.1) is 0 Å². The van der Waals surface area contributed by atoms with E-state index < -0.39 is 5.97 Å². The van der Waals surface area contributed by atoms with E-state index in [9.17, 15) is 9.90 Å². The summed E-state index contributed by atoms with van der Waals surface area (Å²) >= 11 is 0. The van der Waals surface area contributed by atoms with Gasteiger partial charge < -0.3 is 20.1 Å². The summed E-state index contributed by atoms with van der Waals surface area (Å²) in [6, 6.07) is 11.8. The summed E-state index contributed by atoms with van der Waals surface area (Å²) in [6.45, 7) is 5.69. The molecule has 1 fully saturated rings. The maximum atomic E-state index is 11.3. The SMILES string of the molecule is COc1cc(C)c2[nH]ccc2c1CN1CCCCCCNCC1c1ccc(C(=O)O)cc1. The third-order valence-electron chi connectivity index (χ3n) is 6.56. The van der Waals surface area contributed by atoms with E-state index in [0.29, 0.717) is 5.56 Å². The van der Waals surface area contributed by atoms with Gasteiger partial charge >= 0.3 is 5.97 Å². The molecule has 0 spiro atoms. The summed E-state index contributed by atoms with van der Waals surface area (Å²) < 4.78 is 5.81. The number of H-pyrrole nitrogens is 1. The molecule has 6 heteroatoms. The molecule has 170 valence electrons. The van der Waals surface area contributed by atoms with E-state index in [4.69, 9.17) is 4.74 Å². The molecule has 6 nitrogen and oxygen atoms in total. The number of ether oxygens (including phenoxy) is 1. The standard InChI is InChI=1S/C26H33N3O3/c1-18-15-24(32-2)22(21-11-13-28-25(18)21)17-29-14-6-4-3-5-12-27-16-23(29)19-7-9-20(10-8-19)26(30)31/h7-11,13,15,23,27-28H,3-6,12,14,16-17H2,1-2H3,(H,30,31). The van der Waals surface area contributed by atoms with Crippen molar-refractivity contribution in [2.24, 2.45) is 0 Å². The van der Waals surface area contributed by atoms with Crippen LogP contribution in [-0.4, -0.2) is 47.7 Å². The van der Waals surface area contributed by atoms with E-state index in [2.05, 4.69) is 34.3 Å². The lowest BCUT2D eigenvalue weighted by atomic mass is 9.99. The van der Waals surface area contributed by atoms with Crippen molar-refractivity contribution in [1.82, 2.24) is 15.2 Å². The van der Waals surface area contributed by atoms with E-state index in [0.717, 1.165) is 49.4 Å². The summed E-state index contributed by atoms with van der Waals surface area (Å²) in [6.07, 6.45) is 6.80. The molecule has 1 aliphatic heterocycles. The Morgan fingerprint density at radius 1 is 1.16 bits per heavy atom. The van der Waals surface area contributed by atoms with Gasteiger partial charge in [0, 0.05) is 41.8 Å². The van der Waals surface area contributed by atoms with Crippen molar-refractivity contribution in [3.8, 4) is 5.75 Å². The van der Waals surface area contributed by atoms with Crippen LogP contribution in [0.3, 0.4) is 0 Å². The topological polar surface area (TPSA) is 77.6 Å². The molecule has 4 rings (SSSR count). The summed E-state index contributed by atoms with van der Waals surface area (Å²) in [5.41, 5.74) is 4.98. The number of fused-ring (bicyclic) bond motifs is 1. The first-order valence-corrected chi connectivity index (χ1v) is 11.5. The maximum Gasteiger partial charge on any atom is 0.335 e. The minimum absolute atomic E-state index is 0.149. The molecule has 1 saturated heterocycles. The van der Waals surface area contributed by atoms with Gasteiger partial charge in [-0.3, -0.25) is 4.90 Å². The number of nitrogens with zero attached hydrogens (tertiary/aromatic N) is 1. The molecular formula is C26H33N3O3. The normalized spacial score (nSPS) is 18.5. The number of aromatic nitrogens is 1. The first kappa shape index (κ1) is 22.4. The zero-order valence-corrected chi connectivity index (χ0v) is 19.0. The van der Waals surface area contributed by atoms with Crippen LogP contribution < -0.4 is 10.1 Å². The smallest absolute Gasteiger partial charge is 0.335 e. The second-order valence-corrected chi connectivity index (χ2v) is 8.67. The lowest BCUT2D eigenvalue weighted by molar-refractivity contribution is 0.0697. The number of carbonyl (C=O) groups is 1. The Morgan fingerprint density at radius 3 is 2.69 bits per heavy atom. The fraction of sp³-hybridized carbons (Fsp3) is 0.423. The van der Waals surface area contributed by atoms with E-state index in [1.807, 2.05) is 18.3 Å². The van der Waals surface area contributed by atoms with Gasteiger partial charge in [-0.05, 0) is 68.2 Å². The van der Waals surface area contributed by atoms with Crippen molar-refractivity contribution >= 4 is 16.9 Å². The molecule has 1 unspecified atom stereocenters. The molecule has 2 heterocycles. The molecule has 32 heavy (non-hydrogen) atoms. The summed E-state index contributed by atoms with van der Waals surface area (Å²) in [5.74, 6) is 0.0244. The highest BCUT2D eigenvalue weighted by Crippen LogP contribution is 2.34. The molecule has 0 bridgehead atoms. The average Bonchev–Trinajstić information content (AvgIpc) is 3.30. The van der Waals surface area contributed by atoms with Crippen LogP contribution in [0.1, 0.15) is 58.8 Å². The van der Waals surface area contributed by atoms with Crippen LogP contribution in [0.25, 0.3) is 10.9 Å². The van der Waals surface area contributed by atoms with Crippen LogP contribution in [0.5, 0.6) is 5.75 Å².